The van der Waals surface area contributed by atoms with Crippen LogP contribution in [0, 0.1) is 45.3 Å². The van der Waals surface area contributed by atoms with E-state index in [1.54, 1.807) is 12.1 Å². The van der Waals surface area contributed by atoms with Gasteiger partial charge in [-0.25, -0.2) is 26.4 Å². The van der Waals surface area contributed by atoms with E-state index in [1.165, 1.54) is 45.0 Å². The van der Waals surface area contributed by atoms with Crippen LogP contribution >= 0.6 is 0 Å². The van der Waals surface area contributed by atoms with Crippen molar-refractivity contribution in [3.63, 3.8) is 0 Å². The summed E-state index contributed by atoms with van der Waals surface area (Å²) in [5.74, 6) is 0.311. The first kappa shape index (κ1) is 69.7. The van der Waals surface area contributed by atoms with Gasteiger partial charge in [0, 0.05) is 39.0 Å². The van der Waals surface area contributed by atoms with Crippen LogP contribution in [0.1, 0.15) is 82.9 Å². The van der Waals surface area contributed by atoms with Crippen LogP contribution in [-0.2, 0) is 67.9 Å². The number of nitrogens with zero attached hydrogens (tertiary/aromatic N) is 4. The third-order valence-electron chi connectivity index (χ3n) is 16.6. The van der Waals surface area contributed by atoms with Crippen LogP contribution in [0.2, 0.25) is 0 Å². The minimum atomic E-state index is -4.14. The van der Waals surface area contributed by atoms with E-state index in [-0.39, 0.29) is 92.5 Å². The number of alkyl carbamates (subject to hydrolysis) is 2. The highest BCUT2D eigenvalue weighted by atomic mass is 32.2. The number of fused-ring (bicyclic) bond motifs is 2. The zero-order chi connectivity index (χ0) is 65.2. The molecular weight excluding hydrogens is 1210 g/mol. The number of hydrogen-bond acceptors (Lipinski definition) is 18. The van der Waals surface area contributed by atoms with Gasteiger partial charge in [0.2, 0.25) is 20.0 Å². The normalized spacial score (nSPS) is 21.0. The predicted molar refractivity (Wildman–Crippen MR) is 334 cm³/mol. The smallest absolute Gasteiger partial charge is 0.407 e. The van der Waals surface area contributed by atoms with Gasteiger partial charge in [0.15, 0.2) is 12.6 Å². The van der Waals surface area contributed by atoms with Crippen LogP contribution in [0.5, 0.6) is 11.5 Å². The maximum absolute atomic E-state index is 14.2. The molecule has 4 aliphatic rings. The van der Waals surface area contributed by atoms with Crippen LogP contribution in [0.4, 0.5) is 9.59 Å². The van der Waals surface area contributed by atoms with Crippen molar-refractivity contribution in [2.24, 2.45) is 22.7 Å². The zero-order valence-electron chi connectivity index (χ0n) is 51.8. The van der Waals surface area contributed by atoms with Gasteiger partial charge in [0.05, 0.1) is 84.5 Å². The lowest BCUT2D eigenvalue weighted by atomic mass is 9.88. The van der Waals surface area contributed by atoms with Crippen molar-refractivity contribution in [2.45, 2.75) is 145 Å². The second kappa shape index (κ2) is 32.4. The fourth-order valence-corrected chi connectivity index (χ4v) is 14.8. The highest BCUT2D eigenvalue weighted by molar-refractivity contribution is 7.89. The van der Waals surface area contributed by atoms with Crippen LogP contribution in [0.3, 0.4) is 0 Å². The summed E-state index contributed by atoms with van der Waals surface area (Å²) in [6.45, 7) is 8.72. The Morgan fingerprint density at radius 2 is 0.967 bits per heavy atom. The summed E-state index contributed by atoms with van der Waals surface area (Å²) in [6.07, 6.45) is -2.60. The van der Waals surface area contributed by atoms with Gasteiger partial charge in [-0.15, -0.1) is 0 Å². The van der Waals surface area contributed by atoms with Gasteiger partial charge in [-0.1, -0.05) is 119 Å². The number of rotatable bonds is 29. The van der Waals surface area contributed by atoms with Gasteiger partial charge in [-0.3, -0.25) is 0 Å². The van der Waals surface area contributed by atoms with Crippen molar-refractivity contribution in [2.75, 3.05) is 52.6 Å². The van der Waals surface area contributed by atoms with E-state index < -0.39 is 92.1 Å². The Morgan fingerprint density at radius 3 is 1.36 bits per heavy atom. The van der Waals surface area contributed by atoms with Gasteiger partial charge in [-0.05, 0) is 115 Å². The van der Waals surface area contributed by atoms with Crippen LogP contribution in [0.15, 0.2) is 149 Å². The first-order valence-corrected chi connectivity index (χ1v) is 33.6. The number of amides is 2. The summed E-state index contributed by atoms with van der Waals surface area (Å²) >= 11 is 0. The Labute approximate surface area is 534 Å². The van der Waals surface area contributed by atoms with Crippen molar-refractivity contribution < 1.29 is 74.9 Å². The number of benzene rings is 5. The number of sulfonamides is 2. The van der Waals surface area contributed by atoms with Crippen molar-refractivity contribution in [1.82, 2.24) is 19.2 Å². The van der Waals surface area contributed by atoms with E-state index in [0.717, 1.165) is 16.7 Å². The summed E-state index contributed by atoms with van der Waals surface area (Å²) in [4.78, 5) is 26.2. The van der Waals surface area contributed by atoms with Gasteiger partial charge in [0.1, 0.15) is 30.3 Å². The highest BCUT2D eigenvalue weighted by Gasteiger charge is 2.46. The number of carbonyl (C=O) groups is 2. The molecule has 5 aromatic carbocycles. The van der Waals surface area contributed by atoms with E-state index in [2.05, 4.69) is 22.8 Å². The van der Waals surface area contributed by atoms with E-state index in [4.69, 9.17) is 38.4 Å². The molecule has 4 saturated heterocycles. The molecule has 0 aliphatic carbocycles. The number of nitrogens with one attached hydrogen (secondary N) is 2. The number of aliphatic hydroxyl groups excluding tert-OH is 2. The SMILES string of the molecule is CC(C)(CCC#N)CN(C[C@@H](O)[C@H](Cc1ccccc1)NC(=O)O[C@H]1CO[C@H]2OCC[C@H]21)S(=O)(=O)c1ccc(O)cc1.CC(C)(CCC#N)CN(C[C@@H](O)[C@H](Cc1ccccc1)NC(=O)O[C@H]1CO[C@H]2OCC[C@H]21)S(=O)(=O)c1ccc(OCc2ccccc2)cc1. The van der Waals surface area contributed by atoms with E-state index >= 15 is 0 Å². The molecule has 0 unspecified atom stereocenters. The third-order valence-corrected chi connectivity index (χ3v) is 20.3. The number of phenols is 1. The number of aliphatic hydroxyl groups is 2. The number of carbonyl (C=O) groups excluding carboxylic acids is 2. The molecule has 0 bridgehead atoms. The molecule has 5 N–H and O–H groups in total. The lowest BCUT2D eigenvalue weighted by molar-refractivity contribution is -0.0909. The molecule has 490 valence electrons. The van der Waals surface area contributed by atoms with Crippen molar-refractivity contribution in [1.29, 1.82) is 10.5 Å². The standard InChI is InChI=1S/C37H45N3O8S.C30H39N3O8S/c1-37(2,19-9-20-38)26-40(49(43,44)30-16-14-29(15-17-30)46-24-28-12-7-4-8-13-28)23-33(41)32(22-27-10-5-3-6-11-27)39-36(42)48-34-25-47-35-31(34)18-21-45-35;1-30(2,14-6-15-31)20-33(42(37,38)23-11-9-22(34)10-12-23)18-26(35)25(17-21-7-4-3-5-8-21)32-29(36)41-27-19-40-28-24(27)13-16-39-28/h3-8,10-17,31-35,41H,9,18-19,21-26H2,1-2H3,(H,39,42);3-5,7-12,24-28,34-35H,6,13-14,16-20H2,1-2H3,(H,32,36)/t31-,32-,33+,34-,35+;24-,25-,26+,27-,28+/m00/s1. The Balaban J connectivity index is 0.000000237. The zero-order valence-corrected chi connectivity index (χ0v) is 53.5. The molecule has 91 heavy (non-hydrogen) atoms. The Bertz CT molecular complexity index is 3430. The average Bonchev–Trinajstić information content (AvgIpc) is 3.45. The molecule has 24 heteroatoms. The number of hydrogen-bond donors (Lipinski definition) is 5. The average molecular weight is 1290 g/mol. The number of phenolic OH excluding ortho intramolecular Hbond substituents is 1. The molecule has 4 aliphatic heterocycles. The predicted octanol–water partition coefficient (Wildman–Crippen LogP) is 8.22. The molecular formula is C67H84N6O16S2. The first-order chi connectivity index (χ1) is 43.5. The van der Waals surface area contributed by atoms with Gasteiger partial charge in [0.25, 0.3) is 0 Å². The molecule has 10 atom stereocenters. The Kier molecular flexibility index (Phi) is 24.8. The van der Waals surface area contributed by atoms with E-state index in [0.29, 0.717) is 51.3 Å². The van der Waals surface area contributed by atoms with E-state index in [9.17, 15) is 47.0 Å². The number of aromatic hydroxyl groups is 1. The molecule has 0 radical (unpaired) electrons. The third kappa shape index (κ3) is 20.1. The van der Waals surface area contributed by atoms with Crippen LogP contribution in [-0.4, -0.2) is 155 Å². The maximum atomic E-state index is 14.2. The number of ether oxygens (including phenoxy) is 7. The largest absolute Gasteiger partial charge is 0.508 e. The summed E-state index contributed by atoms with van der Waals surface area (Å²) in [5, 5.41) is 56.8. The maximum Gasteiger partial charge on any atom is 0.407 e. The second-order valence-corrected chi connectivity index (χ2v) is 28.8. The molecule has 4 heterocycles. The molecule has 2 amide bonds. The summed E-state index contributed by atoms with van der Waals surface area (Å²) < 4.78 is 97.9. The Morgan fingerprint density at radius 1 is 0.582 bits per heavy atom. The Hall–Kier alpha value is -7.20. The van der Waals surface area contributed by atoms with Crippen molar-refractivity contribution in [3.8, 4) is 23.6 Å². The quantitative estimate of drug-likeness (QED) is 0.0301. The first-order valence-electron chi connectivity index (χ1n) is 30.7. The molecule has 9 rings (SSSR count). The van der Waals surface area contributed by atoms with Crippen molar-refractivity contribution >= 4 is 32.2 Å². The summed E-state index contributed by atoms with van der Waals surface area (Å²) in [6, 6.07) is 42.0. The minimum Gasteiger partial charge on any atom is -0.508 e. The van der Waals surface area contributed by atoms with Crippen LogP contribution in [0.25, 0.3) is 0 Å². The number of nitriles is 2. The molecule has 0 aromatic heterocycles. The fraction of sp³-hybridized carbons (Fsp3) is 0.493. The lowest BCUT2D eigenvalue weighted by Gasteiger charge is -2.35. The summed E-state index contributed by atoms with van der Waals surface area (Å²) in [7, 11) is -8.27. The van der Waals surface area contributed by atoms with Gasteiger partial charge < -0.3 is 59.1 Å². The molecule has 0 saturated carbocycles. The second-order valence-electron chi connectivity index (χ2n) is 24.9. The lowest BCUT2D eigenvalue weighted by Crippen LogP contribution is -2.52. The van der Waals surface area contributed by atoms with Gasteiger partial charge >= 0.3 is 12.2 Å². The van der Waals surface area contributed by atoms with Gasteiger partial charge in [-0.2, -0.15) is 19.1 Å². The monoisotopic (exact) mass is 1290 g/mol. The highest BCUT2D eigenvalue weighted by Crippen LogP contribution is 2.36. The van der Waals surface area contributed by atoms with Crippen molar-refractivity contribution in [3.05, 3.63) is 156 Å². The summed E-state index contributed by atoms with van der Waals surface area (Å²) in [5.41, 5.74) is 1.47. The topological polar surface area (TPSA) is 306 Å². The van der Waals surface area contributed by atoms with Crippen LogP contribution < -0.4 is 15.4 Å². The molecule has 5 aromatic rings. The fourth-order valence-electron chi connectivity index (χ4n) is 11.5. The van der Waals surface area contributed by atoms with E-state index in [1.807, 2.05) is 119 Å². The minimum absolute atomic E-state index is 0.0138. The molecule has 4 fully saturated rings. The molecule has 0 spiro atoms. The molecule has 22 nitrogen and oxygen atoms in total.